The average Bonchev–Trinajstić information content (AvgIpc) is 3.18. The van der Waals surface area contributed by atoms with Crippen LogP contribution in [0.1, 0.15) is 181 Å². The van der Waals surface area contributed by atoms with Gasteiger partial charge in [0.25, 0.3) is 0 Å². The Morgan fingerprint density at radius 2 is 1.04 bits per heavy atom. The Kier molecular flexibility index (Phi) is 31.6. The van der Waals surface area contributed by atoms with Crippen LogP contribution in [0.2, 0.25) is 0 Å². The number of allylic oxidation sites excluding steroid dienone is 3. The lowest BCUT2D eigenvalue weighted by atomic mass is 9.85. The number of nitrogens with one attached hydrogen (secondary N) is 1. The number of phosphoric ester groups is 1. The van der Waals surface area contributed by atoms with E-state index in [4.69, 9.17) is 9.05 Å². The van der Waals surface area contributed by atoms with E-state index >= 15 is 0 Å². The van der Waals surface area contributed by atoms with Crippen molar-refractivity contribution in [3.63, 3.8) is 0 Å². The zero-order valence-electron chi connectivity index (χ0n) is 35.3. The summed E-state index contributed by atoms with van der Waals surface area (Å²) in [6.07, 6.45) is 21.4. The van der Waals surface area contributed by atoms with E-state index < -0.39 is 75.2 Å². The van der Waals surface area contributed by atoms with Crippen molar-refractivity contribution >= 4 is 13.7 Å². The van der Waals surface area contributed by atoms with Gasteiger partial charge in [0.1, 0.15) is 36.6 Å². The molecule has 13 nitrogen and oxygen atoms in total. The van der Waals surface area contributed by atoms with Crippen LogP contribution in [0.4, 0.5) is 0 Å². The summed E-state index contributed by atoms with van der Waals surface area (Å²) in [5, 5.41) is 74.3. The van der Waals surface area contributed by atoms with E-state index in [2.05, 4.69) is 31.3 Å². The molecule has 0 bridgehead atoms. The largest absolute Gasteiger partial charge is 0.472 e. The van der Waals surface area contributed by atoms with Crippen molar-refractivity contribution in [3.8, 4) is 0 Å². The van der Waals surface area contributed by atoms with Gasteiger partial charge in [-0.2, -0.15) is 0 Å². The first-order valence-corrected chi connectivity index (χ1v) is 23.9. The van der Waals surface area contributed by atoms with Crippen LogP contribution >= 0.6 is 7.82 Å². The van der Waals surface area contributed by atoms with Gasteiger partial charge >= 0.3 is 7.82 Å². The highest BCUT2D eigenvalue weighted by molar-refractivity contribution is 7.47. The van der Waals surface area contributed by atoms with Crippen LogP contribution in [-0.4, -0.2) is 108 Å². The Balaban J connectivity index is 2.58. The molecule has 1 aliphatic carbocycles. The summed E-state index contributed by atoms with van der Waals surface area (Å²) < 4.78 is 22.8. The fourth-order valence-electron chi connectivity index (χ4n) is 7.08. The normalized spacial score (nSPS) is 24.2. The van der Waals surface area contributed by atoms with E-state index in [9.17, 15) is 50.0 Å². The van der Waals surface area contributed by atoms with Gasteiger partial charge in [0.15, 0.2) is 0 Å². The molecule has 0 spiro atoms. The standard InChI is InChI=1S/C43H82NO12P/c1-3-5-7-9-11-13-15-17-18-19-20-22-24-26-28-30-34(45)32-37(47)44-35(36(46)31-29-27-25-23-21-16-14-12-10-8-6-4-2)33-55-57(53,54)56-43-41(51)39(49)38(48)40(50)42(43)52/h21,23,29,31,34-36,38-43,45-46,48-52H,3-20,22,24-28,30,32-33H2,1-2H3,(H,44,47)(H,53,54)/b23-21+,31-29+. The summed E-state index contributed by atoms with van der Waals surface area (Å²) >= 11 is 0. The predicted molar refractivity (Wildman–Crippen MR) is 224 cm³/mol. The first-order valence-electron chi connectivity index (χ1n) is 22.4. The van der Waals surface area contributed by atoms with Crippen molar-refractivity contribution in [2.45, 2.75) is 236 Å². The lowest BCUT2D eigenvalue weighted by Gasteiger charge is -2.41. The monoisotopic (exact) mass is 836 g/mol. The van der Waals surface area contributed by atoms with Gasteiger partial charge in [-0.05, 0) is 32.1 Å². The van der Waals surface area contributed by atoms with Gasteiger partial charge in [-0.3, -0.25) is 13.8 Å². The van der Waals surface area contributed by atoms with Crippen LogP contribution in [0, 0.1) is 0 Å². The number of carbonyl (C=O) groups excluding carboxylic acids is 1. The number of amides is 1. The molecule has 0 saturated heterocycles. The Hall–Kier alpha value is -1.22. The molecular weight excluding hydrogens is 753 g/mol. The molecule has 57 heavy (non-hydrogen) atoms. The number of unbranched alkanes of at least 4 members (excludes halogenated alkanes) is 21. The Morgan fingerprint density at radius 3 is 1.54 bits per heavy atom. The van der Waals surface area contributed by atoms with Crippen LogP contribution in [0.5, 0.6) is 0 Å². The summed E-state index contributed by atoms with van der Waals surface area (Å²) in [6, 6.07) is -1.25. The van der Waals surface area contributed by atoms with E-state index in [1.165, 1.54) is 109 Å². The highest BCUT2D eigenvalue weighted by atomic mass is 31.2. The molecule has 1 rings (SSSR count). The molecule has 1 amide bonds. The van der Waals surface area contributed by atoms with Gasteiger partial charge in [-0.25, -0.2) is 4.57 Å². The second-order valence-electron chi connectivity index (χ2n) is 16.1. The minimum atomic E-state index is -5.14. The van der Waals surface area contributed by atoms with Gasteiger partial charge < -0.3 is 46.0 Å². The van der Waals surface area contributed by atoms with Gasteiger partial charge in [0, 0.05) is 0 Å². The van der Waals surface area contributed by atoms with Crippen molar-refractivity contribution in [1.29, 1.82) is 0 Å². The fourth-order valence-corrected chi connectivity index (χ4v) is 8.05. The molecule has 1 saturated carbocycles. The number of phosphoric acid groups is 1. The number of carbonyl (C=O) groups is 1. The number of rotatable bonds is 36. The molecule has 0 aromatic rings. The molecule has 14 heteroatoms. The number of hydrogen-bond donors (Lipinski definition) is 9. The van der Waals surface area contributed by atoms with Crippen LogP contribution in [0.3, 0.4) is 0 Å². The quantitative estimate of drug-likeness (QED) is 0.0180. The van der Waals surface area contributed by atoms with Crippen molar-refractivity contribution < 1.29 is 59.0 Å². The second kappa shape index (κ2) is 33.5. The van der Waals surface area contributed by atoms with E-state index in [1.54, 1.807) is 6.08 Å². The minimum absolute atomic E-state index is 0.249. The van der Waals surface area contributed by atoms with Crippen LogP contribution in [0.15, 0.2) is 24.3 Å². The fraction of sp³-hybridized carbons (Fsp3) is 0.884. The summed E-state index contributed by atoms with van der Waals surface area (Å²) in [5.74, 6) is -0.603. The molecule has 1 aliphatic rings. The summed E-state index contributed by atoms with van der Waals surface area (Å²) in [7, 11) is -5.14. The number of aliphatic hydroxyl groups is 7. The average molecular weight is 836 g/mol. The second-order valence-corrected chi connectivity index (χ2v) is 17.5. The van der Waals surface area contributed by atoms with Crippen molar-refractivity contribution in [2.75, 3.05) is 6.61 Å². The zero-order chi connectivity index (χ0) is 42.3. The highest BCUT2D eigenvalue weighted by Crippen LogP contribution is 2.47. The maximum absolute atomic E-state index is 13.0. The van der Waals surface area contributed by atoms with Gasteiger partial charge in [0.05, 0.1) is 31.3 Å². The first-order chi connectivity index (χ1) is 27.3. The van der Waals surface area contributed by atoms with Crippen LogP contribution in [0.25, 0.3) is 0 Å². The third kappa shape index (κ3) is 25.9. The molecule has 0 aromatic carbocycles. The van der Waals surface area contributed by atoms with Crippen molar-refractivity contribution in [3.05, 3.63) is 24.3 Å². The van der Waals surface area contributed by atoms with E-state index in [-0.39, 0.29) is 6.42 Å². The Labute approximate surface area is 344 Å². The first kappa shape index (κ1) is 53.8. The molecule has 1 fully saturated rings. The third-order valence-electron chi connectivity index (χ3n) is 10.8. The molecule has 9 N–H and O–H groups in total. The maximum atomic E-state index is 13.0. The van der Waals surface area contributed by atoms with Gasteiger partial charge in [-0.15, -0.1) is 0 Å². The van der Waals surface area contributed by atoms with Crippen molar-refractivity contribution in [2.24, 2.45) is 0 Å². The van der Waals surface area contributed by atoms with E-state index in [0.717, 1.165) is 44.9 Å². The Bertz CT molecular complexity index is 1080. The van der Waals surface area contributed by atoms with Crippen molar-refractivity contribution in [1.82, 2.24) is 5.32 Å². The van der Waals surface area contributed by atoms with E-state index in [1.807, 2.05) is 0 Å². The highest BCUT2D eigenvalue weighted by Gasteiger charge is 2.51. The lowest BCUT2D eigenvalue weighted by molar-refractivity contribution is -0.220. The van der Waals surface area contributed by atoms with Gasteiger partial charge in [-0.1, -0.05) is 167 Å². The molecule has 0 heterocycles. The summed E-state index contributed by atoms with van der Waals surface area (Å²) in [5.41, 5.74) is 0. The minimum Gasteiger partial charge on any atom is -0.393 e. The molecule has 8 atom stereocenters. The molecule has 0 radical (unpaired) electrons. The van der Waals surface area contributed by atoms with E-state index in [0.29, 0.717) is 12.8 Å². The molecule has 0 aliphatic heterocycles. The summed E-state index contributed by atoms with van der Waals surface area (Å²) in [6.45, 7) is 3.70. The lowest BCUT2D eigenvalue weighted by Crippen LogP contribution is -2.64. The topological polar surface area (TPSA) is 226 Å². The summed E-state index contributed by atoms with van der Waals surface area (Å²) in [4.78, 5) is 23.4. The molecular formula is C43H82NO12P. The van der Waals surface area contributed by atoms with Gasteiger partial charge in [0.2, 0.25) is 5.91 Å². The predicted octanol–water partition coefficient (Wildman–Crippen LogP) is 6.81. The third-order valence-corrected chi connectivity index (χ3v) is 11.8. The number of aliphatic hydroxyl groups excluding tert-OH is 7. The molecule has 0 aromatic heterocycles. The SMILES string of the molecule is CCCCCCCC/C=C/CC/C=C/C(O)C(COP(=O)(O)OC1C(O)C(O)C(O)C(O)C1O)NC(=O)CC(O)CCCCCCCCCCCCCCCCC. The maximum Gasteiger partial charge on any atom is 0.472 e. The molecule has 8 unspecified atom stereocenters. The Morgan fingerprint density at radius 1 is 0.614 bits per heavy atom. The van der Waals surface area contributed by atoms with Crippen LogP contribution in [-0.2, 0) is 18.4 Å². The number of hydrogen-bond acceptors (Lipinski definition) is 11. The molecule has 336 valence electrons. The van der Waals surface area contributed by atoms with Crippen LogP contribution < -0.4 is 5.32 Å². The smallest absolute Gasteiger partial charge is 0.393 e. The zero-order valence-corrected chi connectivity index (χ0v) is 36.1.